The van der Waals surface area contributed by atoms with Crippen molar-refractivity contribution < 1.29 is 27.1 Å². The lowest BCUT2D eigenvalue weighted by Crippen LogP contribution is -2.17. The van der Waals surface area contributed by atoms with Crippen LogP contribution in [0.15, 0.2) is 65.3 Å². The molecule has 0 unspecified atom stereocenters. The fraction of sp³-hybridized carbons (Fsp3) is 0.192. The van der Waals surface area contributed by atoms with Gasteiger partial charge in [-0.05, 0) is 66.9 Å². The molecule has 0 amide bonds. The van der Waals surface area contributed by atoms with E-state index in [1.807, 2.05) is 0 Å². The fourth-order valence-electron chi connectivity index (χ4n) is 4.02. The molecule has 0 atom stereocenters. The van der Waals surface area contributed by atoms with Crippen LogP contribution >= 0.6 is 0 Å². The van der Waals surface area contributed by atoms with Gasteiger partial charge in [-0.25, -0.2) is 9.37 Å². The minimum Gasteiger partial charge on any atom is -0.435 e. The molecule has 2 heterocycles. The first kappa shape index (κ1) is 23.7. The highest BCUT2D eigenvalue weighted by Crippen LogP contribution is 2.40. The van der Waals surface area contributed by atoms with Gasteiger partial charge in [0.05, 0.1) is 5.60 Å². The number of alkyl halides is 3. The molecule has 1 N–H and O–H groups in total. The largest absolute Gasteiger partial charge is 0.435 e. The molecule has 0 aliphatic heterocycles. The van der Waals surface area contributed by atoms with Gasteiger partial charge in [0.25, 0.3) is 0 Å². The van der Waals surface area contributed by atoms with Gasteiger partial charge in [-0.3, -0.25) is 0 Å². The van der Waals surface area contributed by atoms with E-state index >= 15 is 0 Å². The number of hydrogen-bond acceptors (Lipinski definition) is 5. The number of hydrogen-bond donors (Lipinski definition) is 1. The van der Waals surface area contributed by atoms with Crippen LogP contribution in [0.1, 0.15) is 25.0 Å². The predicted octanol–water partition coefficient (Wildman–Crippen LogP) is 6.34. The van der Waals surface area contributed by atoms with Crippen molar-refractivity contribution in [3.63, 3.8) is 0 Å². The van der Waals surface area contributed by atoms with Crippen molar-refractivity contribution in [2.24, 2.45) is 7.05 Å². The SMILES string of the molecule is Cn1cnnc1-c1cc(F)ccc1-c1cccc(-c2nc3cc(C(C)(C)O)cc(C(F)(F)F)c3o2)c1. The standard InChI is InChI=1S/C26H20F4N4O2/c1-25(2,35)16-10-20(26(28,29)30)22-21(11-16)32-24(36-22)15-6-4-5-14(9-15)18-8-7-17(27)12-19(18)23-33-31-13-34(23)3/h4-13,35H,1-3H3. The van der Waals surface area contributed by atoms with Gasteiger partial charge in [0.15, 0.2) is 11.4 Å². The Morgan fingerprint density at radius 2 is 1.69 bits per heavy atom. The van der Waals surface area contributed by atoms with Crippen LogP contribution in [-0.4, -0.2) is 24.9 Å². The second kappa shape index (κ2) is 8.27. The normalized spacial score (nSPS) is 12.4. The molecule has 36 heavy (non-hydrogen) atoms. The van der Waals surface area contributed by atoms with E-state index in [9.17, 15) is 22.7 Å². The first-order valence-electron chi connectivity index (χ1n) is 10.9. The second-order valence-corrected chi connectivity index (χ2v) is 8.98. The molecule has 6 nitrogen and oxygen atoms in total. The maximum atomic E-state index is 14.1. The molecule has 0 radical (unpaired) electrons. The zero-order chi connectivity index (χ0) is 25.8. The van der Waals surface area contributed by atoms with E-state index in [0.29, 0.717) is 28.1 Å². The number of nitrogens with zero attached hydrogens (tertiary/aromatic N) is 4. The molecule has 184 valence electrons. The van der Waals surface area contributed by atoms with E-state index in [1.54, 1.807) is 41.9 Å². The number of fused-ring (bicyclic) bond motifs is 1. The molecule has 0 fully saturated rings. The van der Waals surface area contributed by atoms with Crippen molar-refractivity contribution in [2.75, 3.05) is 0 Å². The lowest BCUT2D eigenvalue weighted by molar-refractivity contribution is -0.137. The maximum absolute atomic E-state index is 14.1. The molecule has 0 bridgehead atoms. The Morgan fingerprint density at radius 1 is 0.944 bits per heavy atom. The summed E-state index contributed by atoms with van der Waals surface area (Å²) in [5.74, 6) is -0.0209. The third-order valence-electron chi connectivity index (χ3n) is 5.86. The number of aliphatic hydroxyl groups is 1. The molecule has 2 aromatic heterocycles. The third kappa shape index (κ3) is 4.24. The maximum Gasteiger partial charge on any atom is 0.420 e. The Kier molecular flexibility index (Phi) is 5.44. The summed E-state index contributed by atoms with van der Waals surface area (Å²) in [6, 6.07) is 13.4. The van der Waals surface area contributed by atoms with E-state index in [1.165, 1.54) is 38.4 Å². The van der Waals surface area contributed by atoms with E-state index in [0.717, 1.165) is 6.07 Å². The van der Waals surface area contributed by atoms with Gasteiger partial charge in [0.1, 0.15) is 23.2 Å². The molecule has 5 aromatic rings. The smallest absolute Gasteiger partial charge is 0.420 e. The Balaban J connectivity index is 1.66. The van der Waals surface area contributed by atoms with Crippen molar-refractivity contribution in [3.8, 4) is 34.0 Å². The van der Waals surface area contributed by atoms with Gasteiger partial charge in [-0.2, -0.15) is 13.2 Å². The summed E-state index contributed by atoms with van der Waals surface area (Å²) in [6.07, 6.45) is -3.21. The Morgan fingerprint density at radius 3 is 2.36 bits per heavy atom. The van der Waals surface area contributed by atoms with E-state index in [4.69, 9.17) is 4.42 Å². The van der Waals surface area contributed by atoms with Crippen molar-refractivity contribution in [1.82, 2.24) is 19.7 Å². The molecule has 10 heteroatoms. The summed E-state index contributed by atoms with van der Waals surface area (Å²) in [7, 11) is 1.74. The van der Waals surface area contributed by atoms with Crippen LogP contribution in [0.2, 0.25) is 0 Å². The highest BCUT2D eigenvalue weighted by atomic mass is 19.4. The second-order valence-electron chi connectivity index (χ2n) is 8.98. The Hall–Kier alpha value is -4.05. The van der Waals surface area contributed by atoms with E-state index in [2.05, 4.69) is 15.2 Å². The minimum atomic E-state index is -4.71. The summed E-state index contributed by atoms with van der Waals surface area (Å²) in [5, 5.41) is 18.2. The molecule has 0 aliphatic rings. The lowest BCUT2D eigenvalue weighted by Gasteiger charge is -2.19. The number of benzene rings is 3. The summed E-state index contributed by atoms with van der Waals surface area (Å²) in [6.45, 7) is 2.80. The summed E-state index contributed by atoms with van der Waals surface area (Å²) < 4.78 is 62.8. The van der Waals surface area contributed by atoms with Crippen molar-refractivity contribution in [1.29, 1.82) is 0 Å². The molecular weight excluding hydrogens is 476 g/mol. The quantitative estimate of drug-likeness (QED) is 0.294. The van der Waals surface area contributed by atoms with Crippen LogP contribution < -0.4 is 0 Å². The zero-order valence-electron chi connectivity index (χ0n) is 19.4. The van der Waals surface area contributed by atoms with Crippen molar-refractivity contribution >= 4 is 11.1 Å². The van der Waals surface area contributed by atoms with Crippen LogP contribution in [0.5, 0.6) is 0 Å². The number of aryl methyl sites for hydroxylation is 1. The van der Waals surface area contributed by atoms with Crippen molar-refractivity contribution in [2.45, 2.75) is 25.6 Å². The van der Waals surface area contributed by atoms with Crippen molar-refractivity contribution in [3.05, 3.63) is 77.9 Å². The lowest BCUT2D eigenvalue weighted by atomic mass is 9.95. The zero-order valence-corrected chi connectivity index (χ0v) is 19.4. The van der Waals surface area contributed by atoms with Gasteiger partial charge in [0, 0.05) is 18.2 Å². The number of oxazole rings is 1. The molecular formula is C26H20F4N4O2. The highest BCUT2D eigenvalue weighted by Gasteiger charge is 2.37. The molecule has 3 aromatic carbocycles. The van der Waals surface area contributed by atoms with Gasteiger partial charge in [0.2, 0.25) is 5.89 Å². The monoisotopic (exact) mass is 496 g/mol. The fourth-order valence-corrected chi connectivity index (χ4v) is 4.02. The average Bonchev–Trinajstić information content (AvgIpc) is 3.43. The number of aromatic nitrogens is 4. The molecule has 5 rings (SSSR count). The highest BCUT2D eigenvalue weighted by molar-refractivity contribution is 5.84. The predicted molar refractivity (Wildman–Crippen MR) is 125 cm³/mol. The summed E-state index contributed by atoms with van der Waals surface area (Å²) in [5.41, 5.74) is -0.681. The number of halogens is 4. The number of rotatable bonds is 4. The first-order chi connectivity index (χ1) is 16.9. The minimum absolute atomic E-state index is 0.0208. The van der Waals surface area contributed by atoms with E-state index in [-0.39, 0.29) is 17.0 Å². The van der Waals surface area contributed by atoms with Crippen LogP contribution in [0.25, 0.3) is 45.1 Å². The third-order valence-corrected chi connectivity index (χ3v) is 5.86. The topological polar surface area (TPSA) is 77.0 Å². The first-order valence-corrected chi connectivity index (χ1v) is 10.9. The van der Waals surface area contributed by atoms with Gasteiger partial charge in [-0.15, -0.1) is 10.2 Å². The van der Waals surface area contributed by atoms with Crippen LogP contribution in [0, 0.1) is 5.82 Å². The van der Waals surface area contributed by atoms with Gasteiger partial charge in [-0.1, -0.05) is 18.2 Å². The average molecular weight is 496 g/mol. The molecule has 0 spiro atoms. The van der Waals surface area contributed by atoms with Crippen LogP contribution in [0.3, 0.4) is 0 Å². The van der Waals surface area contributed by atoms with Crippen LogP contribution in [-0.2, 0) is 18.8 Å². The Bertz CT molecular complexity index is 1600. The van der Waals surface area contributed by atoms with Crippen LogP contribution in [0.4, 0.5) is 17.6 Å². The van der Waals surface area contributed by atoms with Gasteiger partial charge >= 0.3 is 6.18 Å². The van der Waals surface area contributed by atoms with E-state index < -0.39 is 28.7 Å². The Labute approximate surface area is 202 Å². The molecule has 0 saturated carbocycles. The summed E-state index contributed by atoms with van der Waals surface area (Å²) in [4.78, 5) is 4.30. The summed E-state index contributed by atoms with van der Waals surface area (Å²) >= 11 is 0. The van der Waals surface area contributed by atoms with Gasteiger partial charge < -0.3 is 14.1 Å². The molecule has 0 aliphatic carbocycles. The molecule has 0 saturated heterocycles.